The average Bonchev–Trinajstić information content (AvgIpc) is 2.80. The lowest BCUT2D eigenvalue weighted by Gasteiger charge is -2.22. The number of nitrogens with zero attached hydrogens (tertiary/aromatic N) is 2. The second-order valence-electron chi connectivity index (χ2n) is 8.13. The van der Waals surface area contributed by atoms with Crippen molar-refractivity contribution >= 4 is 5.96 Å². The van der Waals surface area contributed by atoms with E-state index < -0.39 is 0 Å². The van der Waals surface area contributed by atoms with Crippen molar-refractivity contribution in [1.82, 2.24) is 15.5 Å². The Morgan fingerprint density at radius 3 is 2.68 bits per heavy atom. The van der Waals surface area contributed by atoms with Crippen LogP contribution in [0.1, 0.15) is 44.1 Å². The van der Waals surface area contributed by atoms with E-state index in [9.17, 15) is 0 Å². The molecule has 0 spiro atoms. The Morgan fingerprint density at radius 2 is 1.90 bits per heavy atom. The van der Waals surface area contributed by atoms with Crippen LogP contribution >= 0.6 is 0 Å². The number of hydrogen-bond acceptors (Lipinski definition) is 5. The van der Waals surface area contributed by atoms with Crippen LogP contribution in [0.15, 0.2) is 29.3 Å². The molecule has 7 nitrogen and oxygen atoms in total. The largest absolute Gasteiger partial charge is 0.492 e. The van der Waals surface area contributed by atoms with Gasteiger partial charge in [0.05, 0.1) is 12.7 Å². The fraction of sp³-hybridized carbons (Fsp3) is 0.708. The fourth-order valence-electron chi connectivity index (χ4n) is 3.59. The molecule has 2 N–H and O–H groups in total. The van der Waals surface area contributed by atoms with Gasteiger partial charge in [-0.25, -0.2) is 0 Å². The Bertz CT molecular complexity index is 621. The lowest BCUT2D eigenvalue weighted by Crippen LogP contribution is -2.37. The van der Waals surface area contributed by atoms with Crippen LogP contribution in [-0.4, -0.2) is 77.6 Å². The molecule has 0 heterocycles. The van der Waals surface area contributed by atoms with Crippen LogP contribution in [0, 0.1) is 0 Å². The topological polar surface area (TPSA) is 67.4 Å². The zero-order valence-electron chi connectivity index (χ0n) is 19.7. The summed E-state index contributed by atoms with van der Waals surface area (Å²) in [6.07, 6.45) is 7.91. The first-order valence-electron chi connectivity index (χ1n) is 11.7. The van der Waals surface area contributed by atoms with Crippen LogP contribution in [0.5, 0.6) is 5.75 Å². The van der Waals surface area contributed by atoms with Crippen LogP contribution in [0.25, 0.3) is 0 Å². The van der Waals surface area contributed by atoms with E-state index in [1.807, 2.05) is 12.1 Å². The second-order valence-corrected chi connectivity index (χ2v) is 8.13. The highest BCUT2D eigenvalue weighted by atomic mass is 16.5. The molecular formula is C24H42N4O3. The molecule has 1 saturated carbocycles. The molecule has 1 aromatic rings. The van der Waals surface area contributed by atoms with Crippen LogP contribution in [0.3, 0.4) is 0 Å². The summed E-state index contributed by atoms with van der Waals surface area (Å²) < 4.78 is 17.0. The van der Waals surface area contributed by atoms with Gasteiger partial charge in [0.1, 0.15) is 12.4 Å². The van der Waals surface area contributed by atoms with Gasteiger partial charge in [-0.05, 0) is 44.0 Å². The number of guanidine groups is 1. The standard InChI is InChI=1S/C24H42N4O3/c1-25-24(26-13-8-16-30-22-10-5-4-6-11-22)27-20-21-9-7-12-23(19-21)31-18-15-28(2)14-17-29-3/h7,9,12,19,22H,4-6,8,10-11,13-18,20H2,1-3H3,(H2,25,26,27). The van der Waals surface area contributed by atoms with E-state index in [1.165, 1.54) is 32.1 Å². The number of benzene rings is 1. The van der Waals surface area contributed by atoms with Gasteiger partial charge in [0.15, 0.2) is 5.96 Å². The predicted octanol–water partition coefficient (Wildman–Crippen LogP) is 3.05. The van der Waals surface area contributed by atoms with E-state index in [0.717, 1.165) is 56.5 Å². The summed E-state index contributed by atoms with van der Waals surface area (Å²) in [6, 6.07) is 8.20. The summed E-state index contributed by atoms with van der Waals surface area (Å²) in [5.74, 6) is 1.70. The summed E-state index contributed by atoms with van der Waals surface area (Å²) in [6.45, 7) is 5.53. The van der Waals surface area contributed by atoms with Crippen molar-refractivity contribution in [3.05, 3.63) is 29.8 Å². The minimum absolute atomic E-state index is 0.478. The van der Waals surface area contributed by atoms with Gasteiger partial charge in [-0.2, -0.15) is 0 Å². The molecule has 0 atom stereocenters. The maximum atomic E-state index is 5.98. The molecule has 1 aliphatic rings. The first-order valence-corrected chi connectivity index (χ1v) is 11.7. The Balaban J connectivity index is 1.61. The average molecular weight is 435 g/mol. The predicted molar refractivity (Wildman–Crippen MR) is 127 cm³/mol. The monoisotopic (exact) mass is 434 g/mol. The van der Waals surface area contributed by atoms with Gasteiger partial charge in [0, 0.05) is 46.9 Å². The van der Waals surface area contributed by atoms with Crippen molar-refractivity contribution < 1.29 is 14.2 Å². The number of nitrogens with one attached hydrogen (secondary N) is 2. The molecule has 31 heavy (non-hydrogen) atoms. The van der Waals surface area contributed by atoms with Gasteiger partial charge >= 0.3 is 0 Å². The smallest absolute Gasteiger partial charge is 0.191 e. The first-order chi connectivity index (χ1) is 15.2. The Kier molecular flexibility index (Phi) is 13.0. The number of rotatable bonds is 14. The molecule has 2 rings (SSSR count). The molecule has 0 unspecified atom stereocenters. The molecule has 1 aromatic carbocycles. The minimum atomic E-state index is 0.478. The summed E-state index contributed by atoms with van der Waals surface area (Å²) >= 11 is 0. The highest BCUT2D eigenvalue weighted by Gasteiger charge is 2.13. The van der Waals surface area contributed by atoms with Gasteiger partial charge in [-0.3, -0.25) is 4.99 Å². The summed E-state index contributed by atoms with van der Waals surface area (Å²) in [5.41, 5.74) is 1.16. The number of likely N-dealkylation sites (N-methyl/N-ethyl adjacent to an activating group) is 1. The molecule has 0 aromatic heterocycles. The molecule has 0 radical (unpaired) electrons. The van der Waals surface area contributed by atoms with Crippen LogP contribution in [-0.2, 0) is 16.0 Å². The molecule has 1 aliphatic carbocycles. The highest BCUT2D eigenvalue weighted by Crippen LogP contribution is 2.20. The van der Waals surface area contributed by atoms with Crippen LogP contribution < -0.4 is 15.4 Å². The number of methoxy groups -OCH3 is 1. The number of hydrogen-bond donors (Lipinski definition) is 2. The Morgan fingerprint density at radius 1 is 1.10 bits per heavy atom. The molecule has 0 bridgehead atoms. The lowest BCUT2D eigenvalue weighted by molar-refractivity contribution is 0.0277. The zero-order chi connectivity index (χ0) is 22.2. The van der Waals surface area contributed by atoms with E-state index in [0.29, 0.717) is 19.3 Å². The van der Waals surface area contributed by atoms with Crippen LogP contribution in [0.2, 0.25) is 0 Å². The molecule has 176 valence electrons. The van der Waals surface area contributed by atoms with Crippen molar-refractivity contribution in [2.45, 2.75) is 51.2 Å². The third-order valence-electron chi connectivity index (χ3n) is 5.52. The van der Waals surface area contributed by atoms with Gasteiger partial charge in [-0.1, -0.05) is 31.4 Å². The zero-order valence-corrected chi connectivity index (χ0v) is 19.7. The summed E-state index contributed by atoms with van der Waals surface area (Å²) in [4.78, 5) is 6.51. The normalized spacial score (nSPS) is 15.3. The molecule has 0 amide bonds. The maximum absolute atomic E-state index is 5.98. The summed E-state index contributed by atoms with van der Waals surface area (Å²) in [7, 11) is 5.59. The van der Waals surface area contributed by atoms with Crippen molar-refractivity contribution in [2.75, 3.05) is 60.7 Å². The second kappa shape index (κ2) is 15.9. The molecule has 7 heteroatoms. The third-order valence-corrected chi connectivity index (χ3v) is 5.52. The maximum Gasteiger partial charge on any atom is 0.191 e. The SMILES string of the molecule is CN=C(NCCCOC1CCCCC1)NCc1cccc(OCCN(C)CCOC)c1. The molecule has 0 saturated heterocycles. The van der Waals surface area contributed by atoms with Crippen molar-refractivity contribution in [1.29, 1.82) is 0 Å². The number of aliphatic imine (C=N–C) groups is 1. The Hall–Kier alpha value is -1.83. The van der Waals surface area contributed by atoms with Crippen LogP contribution in [0.4, 0.5) is 0 Å². The van der Waals surface area contributed by atoms with Crippen molar-refractivity contribution in [3.8, 4) is 5.75 Å². The van der Waals surface area contributed by atoms with E-state index >= 15 is 0 Å². The summed E-state index contributed by atoms with van der Waals surface area (Å²) in [5, 5.41) is 6.74. The number of ether oxygens (including phenoxy) is 3. The highest BCUT2D eigenvalue weighted by molar-refractivity contribution is 5.79. The van der Waals surface area contributed by atoms with Gasteiger partial charge < -0.3 is 29.7 Å². The van der Waals surface area contributed by atoms with E-state index in [-0.39, 0.29) is 0 Å². The Labute approximate surface area is 188 Å². The van der Waals surface area contributed by atoms with Gasteiger partial charge in [0.25, 0.3) is 0 Å². The van der Waals surface area contributed by atoms with Crippen molar-refractivity contribution in [2.24, 2.45) is 4.99 Å². The van der Waals surface area contributed by atoms with E-state index in [4.69, 9.17) is 14.2 Å². The van der Waals surface area contributed by atoms with E-state index in [1.54, 1.807) is 14.2 Å². The fourth-order valence-corrected chi connectivity index (χ4v) is 3.59. The quantitative estimate of drug-likeness (QED) is 0.267. The first kappa shape index (κ1) is 25.4. The molecule has 1 fully saturated rings. The molecule has 0 aliphatic heterocycles. The molecular weight excluding hydrogens is 392 g/mol. The van der Waals surface area contributed by atoms with E-state index in [2.05, 4.69) is 39.7 Å². The lowest BCUT2D eigenvalue weighted by atomic mass is 9.98. The van der Waals surface area contributed by atoms with Gasteiger partial charge in [-0.15, -0.1) is 0 Å². The third kappa shape index (κ3) is 11.4. The van der Waals surface area contributed by atoms with Crippen molar-refractivity contribution in [3.63, 3.8) is 0 Å². The minimum Gasteiger partial charge on any atom is -0.492 e. The van der Waals surface area contributed by atoms with Gasteiger partial charge in [0.2, 0.25) is 0 Å².